The number of aromatic amines is 2. The smallest absolute Gasteiger partial charge is 0.335 e. The zero-order valence-electron chi connectivity index (χ0n) is 10.9. The van der Waals surface area contributed by atoms with Gasteiger partial charge in [-0.2, -0.15) is 13.2 Å². The highest BCUT2D eigenvalue weighted by Crippen LogP contribution is 2.29. The van der Waals surface area contributed by atoms with Crippen molar-refractivity contribution in [2.24, 2.45) is 0 Å². The third kappa shape index (κ3) is 3.50. The molecule has 0 atom stereocenters. The SMILES string of the molecule is CN(Cc1cccc(C(F)(F)F)c1)C(=O)c1n[nH]c(=O)[nH]1. The average Bonchev–Trinajstić information content (AvgIpc) is 2.84. The highest BCUT2D eigenvalue weighted by atomic mass is 19.4. The predicted molar refractivity (Wildman–Crippen MR) is 66.4 cm³/mol. The Bertz CT molecular complexity index is 705. The normalized spacial score (nSPS) is 11.4. The maximum Gasteiger partial charge on any atom is 0.416 e. The van der Waals surface area contributed by atoms with E-state index in [0.29, 0.717) is 5.56 Å². The summed E-state index contributed by atoms with van der Waals surface area (Å²) in [5.41, 5.74) is -1.10. The van der Waals surface area contributed by atoms with Gasteiger partial charge in [0.1, 0.15) is 0 Å². The van der Waals surface area contributed by atoms with Crippen LogP contribution in [0, 0.1) is 0 Å². The summed E-state index contributed by atoms with van der Waals surface area (Å²) in [6, 6.07) is 4.67. The molecule has 21 heavy (non-hydrogen) atoms. The molecule has 0 unspecified atom stereocenters. The molecule has 1 heterocycles. The molecule has 0 spiro atoms. The molecule has 9 heteroatoms. The lowest BCUT2D eigenvalue weighted by Crippen LogP contribution is -2.27. The maximum atomic E-state index is 12.6. The van der Waals surface area contributed by atoms with Crippen LogP contribution in [0.25, 0.3) is 0 Å². The first kappa shape index (κ1) is 14.8. The Balaban J connectivity index is 2.14. The van der Waals surface area contributed by atoms with Gasteiger partial charge in [0.05, 0.1) is 5.56 Å². The molecule has 0 saturated carbocycles. The van der Waals surface area contributed by atoms with Crippen molar-refractivity contribution in [1.29, 1.82) is 0 Å². The Labute approximate surface area is 116 Å². The van der Waals surface area contributed by atoms with Gasteiger partial charge in [0.25, 0.3) is 5.91 Å². The van der Waals surface area contributed by atoms with Crippen molar-refractivity contribution in [3.05, 3.63) is 51.7 Å². The number of carbonyl (C=O) groups excluding carboxylic acids is 1. The molecule has 2 aromatic rings. The van der Waals surface area contributed by atoms with Crippen molar-refractivity contribution < 1.29 is 18.0 Å². The second-order valence-corrected chi connectivity index (χ2v) is 4.39. The summed E-state index contributed by atoms with van der Waals surface area (Å²) in [6.07, 6.45) is -4.44. The van der Waals surface area contributed by atoms with Crippen molar-refractivity contribution in [3.8, 4) is 0 Å². The number of rotatable bonds is 3. The molecular weight excluding hydrogens is 289 g/mol. The number of nitrogens with one attached hydrogen (secondary N) is 2. The number of alkyl halides is 3. The van der Waals surface area contributed by atoms with Crippen LogP contribution in [-0.2, 0) is 12.7 Å². The lowest BCUT2D eigenvalue weighted by atomic mass is 10.1. The van der Waals surface area contributed by atoms with Gasteiger partial charge in [-0.3, -0.25) is 9.78 Å². The van der Waals surface area contributed by atoms with Crippen LogP contribution in [0.3, 0.4) is 0 Å². The van der Waals surface area contributed by atoms with Crippen LogP contribution in [0.1, 0.15) is 21.7 Å². The second-order valence-electron chi connectivity index (χ2n) is 4.39. The fourth-order valence-corrected chi connectivity index (χ4v) is 1.74. The Morgan fingerprint density at radius 1 is 1.38 bits per heavy atom. The quantitative estimate of drug-likeness (QED) is 0.898. The molecule has 0 bridgehead atoms. The molecule has 0 radical (unpaired) electrons. The molecule has 0 fully saturated rings. The van der Waals surface area contributed by atoms with Crippen molar-refractivity contribution in [2.75, 3.05) is 7.05 Å². The van der Waals surface area contributed by atoms with Crippen LogP contribution < -0.4 is 5.69 Å². The van der Waals surface area contributed by atoms with Crippen LogP contribution in [0.15, 0.2) is 29.1 Å². The number of hydrogen-bond acceptors (Lipinski definition) is 3. The molecule has 2 rings (SSSR count). The van der Waals surface area contributed by atoms with Crippen LogP contribution in [0.2, 0.25) is 0 Å². The van der Waals surface area contributed by atoms with Crippen LogP contribution in [0.4, 0.5) is 13.2 Å². The average molecular weight is 300 g/mol. The third-order valence-electron chi connectivity index (χ3n) is 2.72. The molecule has 0 aliphatic heterocycles. The molecule has 1 aromatic heterocycles. The van der Waals surface area contributed by atoms with Gasteiger partial charge < -0.3 is 4.90 Å². The lowest BCUT2D eigenvalue weighted by molar-refractivity contribution is -0.137. The van der Waals surface area contributed by atoms with E-state index in [9.17, 15) is 22.8 Å². The Morgan fingerprint density at radius 3 is 2.67 bits per heavy atom. The highest BCUT2D eigenvalue weighted by Gasteiger charge is 2.30. The number of aromatic nitrogens is 3. The summed E-state index contributed by atoms with van der Waals surface area (Å²) in [5.74, 6) is -0.805. The molecule has 1 aromatic carbocycles. The number of hydrogen-bond donors (Lipinski definition) is 2. The Hall–Kier alpha value is -2.58. The number of H-pyrrole nitrogens is 2. The second kappa shape index (κ2) is 5.43. The minimum atomic E-state index is -4.44. The summed E-state index contributed by atoms with van der Waals surface area (Å²) >= 11 is 0. The summed E-state index contributed by atoms with van der Waals surface area (Å²) in [7, 11) is 1.40. The Morgan fingerprint density at radius 2 is 2.10 bits per heavy atom. The zero-order valence-corrected chi connectivity index (χ0v) is 10.9. The zero-order chi connectivity index (χ0) is 15.6. The first-order chi connectivity index (χ1) is 9.77. The molecule has 0 aliphatic rings. The molecule has 0 aliphatic carbocycles. The number of halogens is 3. The Kier molecular flexibility index (Phi) is 3.83. The van der Waals surface area contributed by atoms with E-state index >= 15 is 0 Å². The predicted octanol–water partition coefficient (Wildman–Crippen LogP) is 1.39. The molecule has 6 nitrogen and oxygen atoms in total. The lowest BCUT2D eigenvalue weighted by Gasteiger charge is -2.16. The summed E-state index contributed by atoms with van der Waals surface area (Å²) in [6.45, 7) is -0.0440. The third-order valence-corrected chi connectivity index (χ3v) is 2.72. The van der Waals surface area contributed by atoms with Gasteiger partial charge in [0, 0.05) is 13.6 Å². The van der Waals surface area contributed by atoms with Gasteiger partial charge >= 0.3 is 11.9 Å². The van der Waals surface area contributed by atoms with Gasteiger partial charge in [0.15, 0.2) is 0 Å². The minimum absolute atomic E-state index is 0.0440. The van der Waals surface area contributed by atoms with Crippen molar-refractivity contribution in [3.63, 3.8) is 0 Å². The van der Waals surface area contributed by atoms with Gasteiger partial charge in [-0.15, -0.1) is 5.10 Å². The fraction of sp³-hybridized carbons (Fsp3) is 0.250. The van der Waals surface area contributed by atoms with E-state index in [1.165, 1.54) is 19.2 Å². The first-order valence-electron chi connectivity index (χ1n) is 5.83. The largest absolute Gasteiger partial charge is 0.416 e. The van der Waals surface area contributed by atoms with Crippen molar-refractivity contribution in [1.82, 2.24) is 20.1 Å². The number of benzene rings is 1. The van der Waals surface area contributed by atoms with Crippen molar-refractivity contribution in [2.45, 2.75) is 12.7 Å². The molecule has 0 saturated heterocycles. The van der Waals surface area contributed by atoms with Crippen molar-refractivity contribution >= 4 is 5.91 Å². The highest BCUT2D eigenvalue weighted by molar-refractivity contribution is 5.90. The molecule has 112 valence electrons. The standard InChI is InChI=1S/C12H11F3N4O2/c1-19(10(20)9-16-11(21)18-17-9)6-7-3-2-4-8(5-7)12(13,14)15/h2-5H,6H2,1H3,(H2,16,17,18,21). The van der Waals surface area contributed by atoms with E-state index in [1.54, 1.807) is 0 Å². The maximum absolute atomic E-state index is 12.6. The number of amides is 1. The van der Waals surface area contributed by atoms with E-state index in [1.807, 2.05) is 5.10 Å². The summed E-state index contributed by atoms with van der Waals surface area (Å²) in [4.78, 5) is 26.1. The van der Waals surface area contributed by atoms with E-state index in [-0.39, 0.29) is 12.4 Å². The fourth-order valence-electron chi connectivity index (χ4n) is 1.74. The number of nitrogens with zero attached hydrogens (tertiary/aromatic N) is 2. The van der Waals surface area contributed by atoms with Gasteiger partial charge in [-0.05, 0) is 17.7 Å². The first-order valence-corrected chi connectivity index (χ1v) is 5.83. The topological polar surface area (TPSA) is 81.8 Å². The monoisotopic (exact) mass is 300 g/mol. The number of carbonyl (C=O) groups is 1. The molecule has 2 N–H and O–H groups in total. The van der Waals surface area contributed by atoms with Crippen LogP contribution in [-0.4, -0.2) is 33.0 Å². The summed E-state index contributed by atoms with van der Waals surface area (Å²) < 4.78 is 37.8. The van der Waals surface area contributed by atoms with Gasteiger partial charge in [0.2, 0.25) is 5.82 Å². The minimum Gasteiger partial charge on any atom is -0.335 e. The van der Waals surface area contributed by atoms with Gasteiger partial charge in [-0.1, -0.05) is 12.1 Å². The van der Waals surface area contributed by atoms with E-state index in [2.05, 4.69) is 10.1 Å². The van der Waals surface area contributed by atoms with Crippen LogP contribution in [0.5, 0.6) is 0 Å². The molecular formula is C12H11F3N4O2. The summed E-state index contributed by atoms with van der Waals surface area (Å²) in [5, 5.41) is 5.51. The van der Waals surface area contributed by atoms with Gasteiger partial charge in [-0.25, -0.2) is 9.89 Å². The molecule has 1 amide bonds. The van der Waals surface area contributed by atoms with E-state index in [0.717, 1.165) is 17.0 Å². The van der Waals surface area contributed by atoms with Crippen LogP contribution >= 0.6 is 0 Å². The van der Waals surface area contributed by atoms with E-state index in [4.69, 9.17) is 0 Å². The van der Waals surface area contributed by atoms with E-state index < -0.39 is 23.3 Å².